The van der Waals surface area contributed by atoms with E-state index in [2.05, 4.69) is 4.98 Å². The van der Waals surface area contributed by atoms with Crippen molar-refractivity contribution in [1.82, 2.24) is 9.55 Å². The van der Waals surface area contributed by atoms with Crippen LogP contribution in [0.2, 0.25) is 0 Å². The molecule has 0 spiro atoms. The Morgan fingerprint density at radius 1 is 1.29 bits per heavy atom. The van der Waals surface area contributed by atoms with Crippen molar-refractivity contribution in [3.8, 4) is 5.69 Å². The van der Waals surface area contributed by atoms with Crippen LogP contribution in [-0.2, 0) is 0 Å². The molecule has 70 valence electrons. The van der Waals surface area contributed by atoms with E-state index in [0.717, 1.165) is 11.4 Å². The van der Waals surface area contributed by atoms with Gasteiger partial charge in [-0.3, -0.25) is 4.98 Å². The van der Waals surface area contributed by atoms with Crippen molar-refractivity contribution in [1.29, 1.82) is 0 Å². The smallest absolute Gasteiger partial charge is 0.121 e. The Kier molecular flexibility index (Phi) is 2.28. The van der Waals surface area contributed by atoms with Crippen LogP contribution in [0.25, 0.3) is 5.69 Å². The zero-order valence-corrected chi connectivity index (χ0v) is 8.24. The van der Waals surface area contributed by atoms with Gasteiger partial charge in [0.2, 0.25) is 0 Å². The van der Waals surface area contributed by atoms with Crippen LogP contribution in [-0.4, -0.2) is 14.5 Å². The van der Waals surface area contributed by atoms with Crippen LogP contribution in [0.1, 0.15) is 5.69 Å². The van der Waals surface area contributed by atoms with Crippen molar-refractivity contribution >= 4 is 17.2 Å². The fourth-order valence-corrected chi connectivity index (χ4v) is 1.48. The minimum atomic E-state index is 0.395. The van der Waals surface area contributed by atoms with E-state index in [9.17, 15) is 0 Å². The molecule has 3 nitrogen and oxygen atoms in total. The molecule has 2 aromatic rings. The van der Waals surface area contributed by atoms with E-state index in [0.29, 0.717) is 4.99 Å². The lowest BCUT2D eigenvalue weighted by Crippen LogP contribution is -2.14. The normalized spacial score (nSPS) is 10.0. The summed E-state index contributed by atoms with van der Waals surface area (Å²) in [5.74, 6) is 0. The van der Waals surface area contributed by atoms with Crippen molar-refractivity contribution in [3.63, 3.8) is 0 Å². The summed E-state index contributed by atoms with van der Waals surface area (Å²) in [7, 11) is 0. The number of pyridine rings is 1. The number of aromatic nitrogens is 2. The summed E-state index contributed by atoms with van der Waals surface area (Å²) in [6.45, 7) is 0. The number of thiocarbonyl (C=S) groups is 1. The lowest BCUT2D eigenvalue weighted by atomic mass is 10.3. The summed E-state index contributed by atoms with van der Waals surface area (Å²) in [6, 6.07) is 7.61. The Morgan fingerprint density at radius 3 is 2.64 bits per heavy atom. The molecule has 0 fully saturated rings. The Morgan fingerprint density at radius 2 is 2.00 bits per heavy atom. The fourth-order valence-electron chi connectivity index (χ4n) is 1.31. The van der Waals surface area contributed by atoms with Gasteiger partial charge < -0.3 is 10.3 Å². The Hall–Kier alpha value is -1.68. The summed E-state index contributed by atoms with van der Waals surface area (Å²) in [5.41, 5.74) is 7.44. The number of hydrogen-bond acceptors (Lipinski definition) is 2. The van der Waals surface area contributed by atoms with Crippen LogP contribution in [0.4, 0.5) is 0 Å². The third-order valence-electron chi connectivity index (χ3n) is 1.94. The van der Waals surface area contributed by atoms with Crippen molar-refractivity contribution < 1.29 is 0 Å². The highest BCUT2D eigenvalue weighted by atomic mass is 32.1. The van der Waals surface area contributed by atoms with E-state index in [-0.39, 0.29) is 0 Å². The zero-order chi connectivity index (χ0) is 9.97. The van der Waals surface area contributed by atoms with Gasteiger partial charge in [-0.15, -0.1) is 0 Å². The van der Waals surface area contributed by atoms with E-state index in [4.69, 9.17) is 18.0 Å². The van der Waals surface area contributed by atoms with Crippen LogP contribution in [0, 0.1) is 0 Å². The summed E-state index contributed by atoms with van der Waals surface area (Å²) < 4.78 is 1.93. The van der Waals surface area contributed by atoms with E-state index in [1.807, 2.05) is 35.0 Å². The molecule has 0 saturated heterocycles. The van der Waals surface area contributed by atoms with Gasteiger partial charge in [0, 0.05) is 24.3 Å². The predicted molar refractivity (Wildman–Crippen MR) is 59.5 cm³/mol. The molecular weight excluding hydrogens is 194 g/mol. The lowest BCUT2D eigenvalue weighted by Gasteiger charge is -2.06. The van der Waals surface area contributed by atoms with E-state index < -0.39 is 0 Å². The summed E-state index contributed by atoms with van der Waals surface area (Å²) in [4.78, 5) is 4.35. The summed E-state index contributed by atoms with van der Waals surface area (Å²) in [6.07, 6.45) is 5.39. The molecule has 0 aliphatic heterocycles. The van der Waals surface area contributed by atoms with Crippen LogP contribution in [0.15, 0.2) is 42.9 Å². The summed E-state index contributed by atoms with van der Waals surface area (Å²) >= 11 is 4.94. The van der Waals surface area contributed by atoms with Crippen molar-refractivity contribution in [3.05, 3.63) is 48.5 Å². The maximum absolute atomic E-state index is 5.59. The minimum Gasteiger partial charge on any atom is -0.388 e. The first-order valence-electron chi connectivity index (χ1n) is 4.16. The molecule has 0 atom stereocenters. The number of rotatable bonds is 2. The SMILES string of the molecule is NC(=S)c1cccn1-c1ccncc1. The Bertz CT molecular complexity index is 447. The Labute approximate surface area is 87.2 Å². The van der Waals surface area contributed by atoms with E-state index >= 15 is 0 Å². The molecular formula is C10H9N3S. The second-order valence-corrected chi connectivity index (χ2v) is 3.27. The first kappa shape index (κ1) is 8.90. The molecule has 4 heteroatoms. The van der Waals surface area contributed by atoms with Gasteiger partial charge in [0.05, 0.1) is 5.69 Å². The van der Waals surface area contributed by atoms with Gasteiger partial charge in [-0.1, -0.05) is 12.2 Å². The zero-order valence-electron chi connectivity index (χ0n) is 7.42. The van der Waals surface area contributed by atoms with Crippen LogP contribution in [0.5, 0.6) is 0 Å². The van der Waals surface area contributed by atoms with Crippen molar-refractivity contribution in [2.45, 2.75) is 0 Å². The first-order chi connectivity index (χ1) is 6.79. The average Bonchev–Trinajstić information content (AvgIpc) is 2.67. The molecule has 0 radical (unpaired) electrons. The van der Waals surface area contributed by atoms with E-state index in [1.165, 1.54) is 0 Å². The highest BCUT2D eigenvalue weighted by Crippen LogP contribution is 2.10. The average molecular weight is 203 g/mol. The second-order valence-electron chi connectivity index (χ2n) is 2.83. The van der Waals surface area contributed by atoms with Crippen LogP contribution >= 0.6 is 12.2 Å². The fraction of sp³-hybridized carbons (Fsp3) is 0. The van der Waals surface area contributed by atoms with Gasteiger partial charge in [0.15, 0.2) is 0 Å². The monoisotopic (exact) mass is 203 g/mol. The van der Waals surface area contributed by atoms with Gasteiger partial charge in [-0.2, -0.15) is 0 Å². The largest absolute Gasteiger partial charge is 0.388 e. The molecule has 2 aromatic heterocycles. The van der Waals surface area contributed by atoms with Gasteiger partial charge in [0.1, 0.15) is 4.99 Å². The third kappa shape index (κ3) is 1.52. The van der Waals surface area contributed by atoms with Gasteiger partial charge in [0.25, 0.3) is 0 Å². The number of nitrogens with zero attached hydrogens (tertiary/aromatic N) is 2. The van der Waals surface area contributed by atoms with Crippen LogP contribution < -0.4 is 5.73 Å². The molecule has 2 rings (SSSR count). The topological polar surface area (TPSA) is 43.8 Å². The molecule has 0 amide bonds. The predicted octanol–water partition coefficient (Wildman–Crippen LogP) is 1.51. The van der Waals surface area contributed by atoms with Crippen molar-refractivity contribution in [2.24, 2.45) is 5.73 Å². The number of nitrogens with two attached hydrogens (primary N) is 1. The van der Waals surface area contributed by atoms with Crippen LogP contribution in [0.3, 0.4) is 0 Å². The maximum atomic E-state index is 5.59. The third-order valence-corrected chi connectivity index (χ3v) is 2.15. The quantitative estimate of drug-likeness (QED) is 0.752. The highest BCUT2D eigenvalue weighted by Gasteiger charge is 2.04. The molecule has 14 heavy (non-hydrogen) atoms. The van der Waals surface area contributed by atoms with Gasteiger partial charge in [-0.25, -0.2) is 0 Å². The molecule has 2 N–H and O–H groups in total. The van der Waals surface area contributed by atoms with E-state index in [1.54, 1.807) is 12.4 Å². The molecule has 0 bridgehead atoms. The molecule has 0 saturated carbocycles. The highest BCUT2D eigenvalue weighted by molar-refractivity contribution is 7.80. The molecule has 2 heterocycles. The minimum absolute atomic E-state index is 0.395. The number of hydrogen-bond donors (Lipinski definition) is 1. The Balaban J connectivity index is 2.52. The molecule has 0 aliphatic rings. The van der Waals surface area contributed by atoms with Crippen molar-refractivity contribution in [2.75, 3.05) is 0 Å². The summed E-state index contributed by atoms with van der Waals surface area (Å²) in [5, 5.41) is 0. The molecule has 0 aliphatic carbocycles. The molecule has 0 unspecified atom stereocenters. The van der Waals surface area contributed by atoms with Gasteiger partial charge in [-0.05, 0) is 24.3 Å². The molecule has 0 aromatic carbocycles. The maximum Gasteiger partial charge on any atom is 0.121 e. The lowest BCUT2D eigenvalue weighted by molar-refractivity contribution is 1.05. The second kappa shape index (κ2) is 3.59. The standard InChI is InChI=1S/C10H9N3S/c11-10(14)9-2-1-7-13(9)8-3-5-12-6-4-8/h1-7H,(H2,11,14). The van der Waals surface area contributed by atoms with Gasteiger partial charge >= 0.3 is 0 Å². The first-order valence-corrected chi connectivity index (χ1v) is 4.57.